The maximum atomic E-state index is 12.2. The van der Waals surface area contributed by atoms with Gasteiger partial charge < -0.3 is 15.0 Å². The van der Waals surface area contributed by atoms with Gasteiger partial charge in [0.1, 0.15) is 5.60 Å². The highest BCUT2D eigenvalue weighted by Crippen LogP contribution is 2.17. The predicted octanol–water partition coefficient (Wildman–Crippen LogP) is 2.42. The van der Waals surface area contributed by atoms with Crippen molar-refractivity contribution in [2.75, 3.05) is 45.5 Å². The zero-order valence-corrected chi connectivity index (χ0v) is 19.9. The fourth-order valence-corrected chi connectivity index (χ4v) is 3.78. The van der Waals surface area contributed by atoms with Crippen molar-refractivity contribution in [2.24, 2.45) is 0 Å². The smallest absolute Gasteiger partial charge is 0.410 e. The van der Waals surface area contributed by atoms with Crippen molar-refractivity contribution in [2.45, 2.75) is 58.2 Å². The van der Waals surface area contributed by atoms with Crippen molar-refractivity contribution in [1.29, 1.82) is 0 Å². The van der Waals surface area contributed by atoms with Crippen LogP contribution in [0.3, 0.4) is 0 Å². The Balaban J connectivity index is 1.67. The Morgan fingerprint density at radius 1 is 1.10 bits per heavy atom. The van der Waals surface area contributed by atoms with Gasteiger partial charge in [0.15, 0.2) is 5.16 Å². The second-order valence-corrected chi connectivity index (χ2v) is 9.29. The van der Waals surface area contributed by atoms with Crippen molar-refractivity contribution in [3.05, 3.63) is 17.0 Å². The van der Waals surface area contributed by atoms with Crippen LogP contribution in [0.1, 0.15) is 44.1 Å². The average molecular weight is 438 g/mol. The molecule has 0 unspecified atom stereocenters. The van der Waals surface area contributed by atoms with E-state index in [9.17, 15) is 9.59 Å². The number of carbonyl (C=O) groups is 2. The van der Waals surface area contributed by atoms with Crippen molar-refractivity contribution < 1.29 is 14.3 Å². The Morgan fingerprint density at radius 3 is 2.23 bits per heavy atom. The van der Waals surface area contributed by atoms with Crippen LogP contribution in [0.15, 0.2) is 5.16 Å². The number of piperazine rings is 1. The number of aryl methyl sites for hydroxylation is 2. The molecular formula is C21H35N5O3S. The second kappa shape index (κ2) is 10.9. The Kier molecular flexibility index (Phi) is 8.91. The van der Waals surface area contributed by atoms with Crippen LogP contribution in [-0.4, -0.2) is 82.9 Å². The Labute approximate surface area is 184 Å². The minimum atomic E-state index is -0.474. The van der Waals surface area contributed by atoms with Crippen molar-refractivity contribution in [3.8, 4) is 0 Å². The quantitative estimate of drug-likeness (QED) is 0.518. The maximum Gasteiger partial charge on any atom is 0.410 e. The molecule has 30 heavy (non-hydrogen) atoms. The topological polar surface area (TPSA) is 87.7 Å². The molecule has 1 N–H and O–H groups in total. The van der Waals surface area contributed by atoms with E-state index in [4.69, 9.17) is 4.74 Å². The maximum absolute atomic E-state index is 12.2. The highest BCUT2D eigenvalue weighted by Gasteiger charge is 2.25. The van der Waals surface area contributed by atoms with Gasteiger partial charge in [-0.1, -0.05) is 11.8 Å². The zero-order chi connectivity index (χ0) is 22.3. The van der Waals surface area contributed by atoms with Gasteiger partial charge in [0, 0.05) is 57.1 Å². The third kappa shape index (κ3) is 7.75. The molecule has 1 saturated heterocycles. The summed E-state index contributed by atoms with van der Waals surface area (Å²) < 4.78 is 5.42. The summed E-state index contributed by atoms with van der Waals surface area (Å²) in [6, 6.07) is 0. The first-order valence-corrected chi connectivity index (χ1v) is 11.7. The number of aromatic nitrogens is 2. The summed E-state index contributed by atoms with van der Waals surface area (Å²) in [5.74, 6) is 0.0372. The van der Waals surface area contributed by atoms with Crippen LogP contribution in [-0.2, 0) is 16.0 Å². The summed E-state index contributed by atoms with van der Waals surface area (Å²) in [4.78, 5) is 37.3. The summed E-state index contributed by atoms with van der Waals surface area (Å²) in [6.07, 6.45) is 2.78. The Morgan fingerprint density at radius 2 is 1.70 bits per heavy atom. The fraction of sp³-hybridized carbons (Fsp3) is 0.714. The van der Waals surface area contributed by atoms with Crippen LogP contribution in [0, 0.1) is 13.8 Å². The summed E-state index contributed by atoms with van der Waals surface area (Å²) in [7, 11) is 0. The molecular weight excluding hydrogens is 402 g/mol. The third-order valence-electron chi connectivity index (χ3n) is 4.96. The first kappa shape index (κ1) is 24.4. The molecule has 2 heterocycles. The molecule has 0 radical (unpaired) electrons. The summed E-state index contributed by atoms with van der Waals surface area (Å²) >= 11 is 1.52. The predicted molar refractivity (Wildman–Crippen MR) is 119 cm³/mol. The number of rotatable bonds is 7. The van der Waals surface area contributed by atoms with E-state index in [0.717, 1.165) is 41.7 Å². The van der Waals surface area contributed by atoms with E-state index < -0.39 is 5.60 Å². The third-order valence-corrected chi connectivity index (χ3v) is 5.51. The fourth-order valence-electron chi connectivity index (χ4n) is 3.32. The molecule has 1 aliphatic heterocycles. The van der Waals surface area contributed by atoms with Gasteiger partial charge in [0.25, 0.3) is 0 Å². The second-order valence-electron chi connectivity index (χ2n) is 8.52. The molecule has 0 spiro atoms. The molecule has 0 bridgehead atoms. The molecule has 8 nitrogen and oxygen atoms in total. The number of amides is 2. The molecule has 2 amide bonds. The minimum Gasteiger partial charge on any atom is -0.444 e. The monoisotopic (exact) mass is 437 g/mol. The number of carbonyl (C=O) groups excluding carboxylic acids is 2. The minimum absolute atomic E-state index is 0.0372. The van der Waals surface area contributed by atoms with E-state index in [2.05, 4.69) is 20.2 Å². The molecule has 1 aromatic heterocycles. The number of hydrogen-bond donors (Lipinski definition) is 1. The number of ether oxygens (including phenoxy) is 1. The lowest BCUT2D eigenvalue weighted by Gasteiger charge is -2.35. The van der Waals surface area contributed by atoms with Gasteiger partial charge in [0.2, 0.25) is 5.91 Å². The van der Waals surface area contributed by atoms with E-state index in [1.165, 1.54) is 11.8 Å². The summed E-state index contributed by atoms with van der Waals surface area (Å²) in [6.45, 7) is 13.8. The SMILES string of the molecule is CSc1nc(C)c(CCC(=O)NCCN2CCN(C(=O)OC(C)(C)C)CC2)c(C)n1. The molecule has 1 aliphatic rings. The van der Waals surface area contributed by atoms with Crippen molar-refractivity contribution >= 4 is 23.8 Å². The van der Waals surface area contributed by atoms with Crippen molar-refractivity contribution in [3.63, 3.8) is 0 Å². The van der Waals surface area contributed by atoms with Crippen LogP contribution in [0.25, 0.3) is 0 Å². The van der Waals surface area contributed by atoms with Crippen LogP contribution in [0.2, 0.25) is 0 Å². The normalized spacial score (nSPS) is 15.2. The molecule has 0 atom stereocenters. The lowest BCUT2D eigenvalue weighted by molar-refractivity contribution is -0.121. The molecule has 2 rings (SSSR count). The van der Waals surface area contributed by atoms with Crippen LogP contribution in [0.5, 0.6) is 0 Å². The highest BCUT2D eigenvalue weighted by molar-refractivity contribution is 7.98. The van der Waals surface area contributed by atoms with Gasteiger partial charge in [-0.25, -0.2) is 14.8 Å². The van der Waals surface area contributed by atoms with E-state index in [0.29, 0.717) is 32.5 Å². The van der Waals surface area contributed by atoms with Gasteiger partial charge in [-0.15, -0.1) is 0 Å². The number of nitrogens with zero attached hydrogens (tertiary/aromatic N) is 4. The standard InChI is InChI=1S/C21H35N5O3S/c1-15-17(16(2)24-19(23-15)30-6)7-8-18(27)22-9-10-25-11-13-26(14-12-25)20(28)29-21(3,4)5/h7-14H2,1-6H3,(H,22,27). The zero-order valence-electron chi connectivity index (χ0n) is 19.1. The molecule has 168 valence electrons. The molecule has 0 aliphatic carbocycles. The Bertz CT molecular complexity index is 720. The number of nitrogens with one attached hydrogen (secondary N) is 1. The lowest BCUT2D eigenvalue weighted by Crippen LogP contribution is -2.51. The van der Waals surface area contributed by atoms with E-state index >= 15 is 0 Å². The Hall–Kier alpha value is -1.87. The highest BCUT2D eigenvalue weighted by atomic mass is 32.2. The van der Waals surface area contributed by atoms with E-state index in [-0.39, 0.29) is 12.0 Å². The summed E-state index contributed by atoms with van der Waals surface area (Å²) in [5.41, 5.74) is 2.48. The molecule has 1 aromatic rings. The average Bonchev–Trinajstić information content (AvgIpc) is 2.66. The van der Waals surface area contributed by atoms with Gasteiger partial charge in [-0.3, -0.25) is 9.69 Å². The first-order chi connectivity index (χ1) is 14.1. The number of hydrogen-bond acceptors (Lipinski definition) is 7. The number of thioether (sulfide) groups is 1. The molecule has 9 heteroatoms. The molecule has 0 saturated carbocycles. The van der Waals surface area contributed by atoms with Crippen LogP contribution < -0.4 is 5.32 Å². The molecule has 1 fully saturated rings. The van der Waals surface area contributed by atoms with E-state index in [1.54, 1.807) is 4.90 Å². The van der Waals surface area contributed by atoms with Gasteiger partial charge in [-0.05, 0) is 52.9 Å². The summed E-state index contributed by atoms with van der Waals surface area (Å²) in [5, 5.41) is 3.76. The lowest BCUT2D eigenvalue weighted by atomic mass is 10.1. The van der Waals surface area contributed by atoms with E-state index in [1.807, 2.05) is 40.9 Å². The van der Waals surface area contributed by atoms with Gasteiger partial charge >= 0.3 is 6.09 Å². The van der Waals surface area contributed by atoms with Crippen LogP contribution in [0.4, 0.5) is 4.79 Å². The van der Waals surface area contributed by atoms with Gasteiger partial charge in [0.05, 0.1) is 0 Å². The van der Waals surface area contributed by atoms with Crippen LogP contribution >= 0.6 is 11.8 Å². The largest absolute Gasteiger partial charge is 0.444 e. The molecule has 0 aromatic carbocycles. The van der Waals surface area contributed by atoms with Crippen molar-refractivity contribution in [1.82, 2.24) is 25.1 Å². The first-order valence-electron chi connectivity index (χ1n) is 10.4. The van der Waals surface area contributed by atoms with Gasteiger partial charge in [-0.2, -0.15) is 0 Å².